The number of piperidine rings is 1. The number of hydrogen-bond donors (Lipinski definition) is 1. The van der Waals surface area contributed by atoms with Crippen LogP contribution in [0.25, 0.3) is 10.8 Å². The summed E-state index contributed by atoms with van der Waals surface area (Å²) >= 11 is 1.75. The Labute approximate surface area is 283 Å². The van der Waals surface area contributed by atoms with Gasteiger partial charge in [0, 0.05) is 74.6 Å². The molecule has 4 heterocycles. The first-order valence-electron chi connectivity index (χ1n) is 16.7. The minimum atomic E-state index is -0.188. The van der Waals surface area contributed by atoms with E-state index in [-0.39, 0.29) is 23.3 Å². The first-order valence-corrected chi connectivity index (χ1v) is 17.6. The molecular weight excluding hydrogens is 609 g/mol. The highest BCUT2D eigenvalue weighted by atomic mass is 32.1. The van der Waals surface area contributed by atoms with Crippen LogP contribution < -0.4 is 15.0 Å². The molecule has 250 valence electrons. The molecule has 0 unspecified atom stereocenters. The molecule has 1 N–H and O–H groups in total. The van der Waals surface area contributed by atoms with Gasteiger partial charge in [-0.05, 0) is 67.4 Å². The van der Waals surface area contributed by atoms with Crippen LogP contribution in [0.3, 0.4) is 0 Å². The van der Waals surface area contributed by atoms with E-state index in [1.54, 1.807) is 23.7 Å². The predicted molar refractivity (Wildman–Crippen MR) is 190 cm³/mol. The monoisotopic (exact) mass is 656 g/mol. The second-order valence-corrected chi connectivity index (χ2v) is 14.0. The molecular formula is C37H48N6O3S. The summed E-state index contributed by atoms with van der Waals surface area (Å²) in [6.45, 7) is 10.3. The minimum absolute atomic E-state index is 0.0114. The van der Waals surface area contributed by atoms with Gasteiger partial charge in [0.2, 0.25) is 17.8 Å². The van der Waals surface area contributed by atoms with Crippen LogP contribution in [0.5, 0.6) is 5.75 Å². The van der Waals surface area contributed by atoms with E-state index in [0.29, 0.717) is 19.4 Å². The molecule has 2 fully saturated rings. The average molecular weight is 657 g/mol. The zero-order valence-electron chi connectivity index (χ0n) is 27.9. The van der Waals surface area contributed by atoms with E-state index in [2.05, 4.69) is 85.1 Å². The van der Waals surface area contributed by atoms with Crippen LogP contribution >= 0.6 is 11.3 Å². The zero-order chi connectivity index (χ0) is 33.1. The third-order valence-corrected chi connectivity index (χ3v) is 9.68. The van der Waals surface area contributed by atoms with Crippen LogP contribution in [0, 0.1) is 5.41 Å². The highest BCUT2D eigenvalue weighted by Gasteiger charge is 2.36. The number of rotatable bonds is 12. The van der Waals surface area contributed by atoms with E-state index in [4.69, 9.17) is 4.74 Å². The van der Waals surface area contributed by atoms with Crippen LogP contribution in [-0.4, -0.2) is 84.4 Å². The molecule has 2 aromatic heterocycles. The molecule has 4 aromatic rings. The van der Waals surface area contributed by atoms with Crippen LogP contribution in [-0.2, 0) is 9.59 Å². The summed E-state index contributed by atoms with van der Waals surface area (Å²) in [4.78, 5) is 40.3. The van der Waals surface area contributed by atoms with Gasteiger partial charge in [0.15, 0.2) is 0 Å². The number of nitrogens with zero attached hydrogens (tertiary/aromatic N) is 5. The molecule has 2 aliphatic heterocycles. The Morgan fingerprint density at radius 1 is 0.872 bits per heavy atom. The van der Waals surface area contributed by atoms with Gasteiger partial charge in [0.05, 0.1) is 0 Å². The number of imide groups is 1. The van der Waals surface area contributed by atoms with Crippen molar-refractivity contribution in [1.82, 2.24) is 25.1 Å². The summed E-state index contributed by atoms with van der Waals surface area (Å²) in [5.41, 5.74) is -0.188. The first-order chi connectivity index (χ1) is 22.8. The predicted octanol–water partition coefficient (Wildman–Crippen LogP) is 6.18. The number of thiophene rings is 1. The molecule has 2 saturated heterocycles. The molecule has 2 amide bonds. The Morgan fingerprint density at radius 2 is 1.57 bits per heavy atom. The number of unbranched alkanes of at least 4 members (excludes halogenated alkanes) is 1. The van der Waals surface area contributed by atoms with Crippen molar-refractivity contribution in [3.8, 4) is 5.75 Å². The van der Waals surface area contributed by atoms with Crippen molar-refractivity contribution >= 4 is 39.9 Å². The van der Waals surface area contributed by atoms with Gasteiger partial charge in [-0.1, -0.05) is 56.3 Å². The van der Waals surface area contributed by atoms with Crippen molar-refractivity contribution in [1.29, 1.82) is 0 Å². The van der Waals surface area contributed by atoms with E-state index in [9.17, 15) is 9.59 Å². The van der Waals surface area contributed by atoms with Gasteiger partial charge in [-0.25, -0.2) is 9.97 Å². The molecule has 6 rings (SSSR count). The molecule has 10 heteroatoms. The topological polar surface area (TPSA) is 90.9 Å². The summed E-state index contributed by atoms with van der Waals surface area (Å²) < 4.78 is 6.34. The molecule has 0 bridgehead atoms. The molecule has 9 nitrogen and oxygen atoms in total. The number of piperazine rings is 1. The van der Waals surface area contributed by atoms with Gasteiger partial charge in [0.1, 0.15) is 11.9 Å². The highest BCUT2D eigenvalue weighted by Crippen LogP contribution is 2.33. The van der Waals surface area contributed by atoms with E-state index in [1.165, 1.54) is 20.5 Å². The van der Waals surface area contributed by atoms with E-state index >= 15 is 0 Å². The average Bonchev–Trinajstić information content (AvgIpc) is 3.62. The maximum absolute atomic E-state index is 12.2. The zero-order valence-corrected chi connectivity index (χ0v) is 28.8. The van der Waals surface area contributed by atoms with Gasteiger partial charge < -0.3 is 15.0 Å². The van der Waals surface area contributed by atoms with Crippen molar-refractivity contribution in [2.75, 3.05) is 57.8 Å². The van der Waals surface area contributed by atoms with Crippen molar-refractivity contribution in [3.05, 3.63) is 83.3 Å². The standard InChI is InChI=1S/C19H29N5O2.C18H19NOS/c1-19(2)14-16(25)24(17(26)15-19)9-4-3-8-22-10-12-23(13-11-22)18-20-6-5-7-21-18;1-19-12-11-17(18-10-5-13-21-18)20-16-9-4-7-14-6-2-3-8-15(14)16/h5-7H,3-4,8-15H2,1-2H3;2-10,13,17,19H,11-12H2,1H3/t;17-/m.0/s1. The maximum Gasteiger partial charge on any atom is 0.229 e. The number of fused-ring (bicyclic) bond motifs is 1. The lowest BCUT2D eigenvalue weighted by atomic mass is 9.82. The van der Waals surface area contributed by atoms with Gasteiger partial charge >= 0.3 is 0 Å². The number of benzene rings is 2. The lowest BCUT2D eigenvalue weighted by molar-refractivity contribution is -0.152. The smallest absolute Gasteiger partial charge is 0.229 e. The van der Waals surface area contributed by atoms with Crippen LogP contribution in [0.2, 0.25) is 0 Å². The molecule has 0 aliphatic carbocycles. The van der Waals surface area contributed by atoms with Gasteiger partial charge in [-0.3, -0.25) is 19.4 Å². The van der Waals surface area contributed by atoms with Crippen molar-refractivity contribution in [3.63, 3.8) is 0 Å². The lowest BCUT2D eigenvalue weighted by Gasteiger charge is -2.35. The number of hydrogen-bond acceptors (Lipinski definition) is 9. The molecule has 1 atom stereocenters. The van der Waals surface area contributed by atoms with E-state index in [1.807, 2.05) is 27.0 Å². The number of carbonyl (C=O) groups excluding carboxylic acids is 2. The number of nitrogens with one attached hydrogen (secondary N) is 1. The summed E-state index contributed by atoms with van der Waals surface area (Å²) in [5, 5.41) is 7.70. The quantitative estimate of drug-likeness (QED) is 0.143. The van der Waals surface area contributed by atoms with Crippen molar-refractivity contribution in [2.24, 2.45) is 5.41 Å². The fourth-order valence-electron chi connectivity index (χ4n) is 6.15. The number of ether oxygens (including phenoxy) is 1. The van der Waals surface area contributed by atoms with Crippen LogP contribution in [0.15, 0.2) is 78.4 Å². The number of likely N-dealkylation sites (tertiary alicyclic amines) is 1. The Bertz CT molecular complexity index is 1530. The van der Waals surface area contributed by atoms with Crippen molar-refractivity contribution < 1.29 is 14.3 Å². The number of carbonyl (C=O) groups is 2. The lowest BCUT2D eigenvalue weighted by Crippen LogP contribution is -2.48. The van der Waals surface area contributed by atoms with E-state index in [0.717, 1.165) is 70.2 Å². The summed E-state index contributed by atoms with van der Waals surface area (Å²) in [6.07, 6.45) is 7.44. The Kier molecular flexibility index (Phi) is 12.3. The third-order valence-electron chi connectivity index (χ3n) is 8.71. The van der Waals surface area contributed by atoms with Gasteiger partial charge in [-0.2, -0.15) is 0 Å². The van der Waals surface area contributed by atoms with Crippen LogP contribution in [0.1, 0.15) is 56.9 Å². The molecule has 0 radical (unpaired) electrons. The Morgan fingerprint density at radius 3 is 2.28 bits per heavy atom. The van der Waals surface area contributed by atoms with Crippen LogP contribution in [0.4, 0.5) is 5.95 Å². The Hall–Kier alpha value is -3.86. The van der Waals surface area contributed by atoms with E-state index < -0.39 is 0 Å². The maximum atomic E-state index is 12.2. The third kappa shape index (κ3) is 9.82. The van der Waals surface area contributed by atoms with Gasteiger partial charge in [0.25, 0.3) is 0 Å². The summed E-state index contributed by atoms with van der Waals surface area (Å²) in [6, 6.07) is 20.7. The largest absolute Gasteiger partial charge is 0.484 e. The molecule has 0 saturated carbocycles. The molecule has 47 heavy (non-hydrogen) atoms. The minimum Gasteiger partial charge on any atom is -0.484 e. The molecule has 2 aliphatic rings. The summed E-state index contributed by atoms with van der Waals surface area (Å²) in [7, 11) is 1.98. The first kappa shape index (κ1) is 34.5. The fourth-order valence-corrected chi connectivity index (χ4v) is 6.94. The Balaban J connectivity index is 0.000000189. The van der Waals surface area contributed by atoms with Crippen molar-refractivity contribution in [2.45, 2.75) is 52.1 Å². The second kappa shape index (κ2) is 16.8. The fraction of sp³-hybridized carbons (Fsp3) is 0.459. The number of anilines is 1. The number of amides is 2. The SMILES string of the molecule is CC1(C)CC(=O)N(CCCCN2CCN(c3ncccn3)CC2)C(=O)C1.CNCC[C@H](Oc1cccc2ccccc12)c1cccs1. The second-order valence-electron chi connectivity index (χ2n) is 13.0. The molecule has 2 aromatic carbocycles. The normalized spacial score (nSPS) is 17.3. The molecule has 0 spiro atoms. The summed E-state index contributed by atoms with van der Waals surface area (Å²) in [5.74, 6) is 1.74. The number of aromatic nitrogens is 2. The highest BCUT2D eigenvalue weighted by molar-refractivity contribution is 7.10. The van der Waals surface area contributed by atoms with Gasteiger partial charge in [-0.15, -0.1) is 11.3 Å².